The Morgan fingerprint density at radius 3 is 1.50 bits per heavy atom. The fourth-order valence-corrected chi connectivity index (χ4v) is 13.8. The topological polar surface area (TPSA) is 340 Å². The van der Waals surface area contributed by atoms with Gasteiger partial charge in [0.05, 0.1) is 48.4 Å². The first-order chi connectivity index (χ1) is 32.9. The molecule has 2 aliphatic rings. The minimum atomic E-state index is -3.75. The summed E-state index contributed by atoms with van der Waals surface area (Å²) >= 11 is 0. The molecule has 0 fully saturated rings. The van der Waals surface area contributed by atoms with Crippen molar-refractivity contribution in [2.75, 3.05) is 25.2 Å². The Morgan fingerprint density at radius 1 is 0.586 bits per heavy atom. The van der Waals surface area contributed by atoms with Gasteiger partial charge in [-0.2, -0.15) is 0 Å². The molecular weight excluding hydrogens is 996 g/mol. The van der Waals surface area contributed by atoms with Gasteiger partial charge in [-0.1, -0.05) is 91.0 Å². The summed E-state index contributed by atoms with van der Waals surface area (Å²) in [6.45, 7) is 1.25. The van der Waals surface area contributed by atoms with Crippen molar-refractivity contribution in [3.8, 4) is 33.8 Å². The van der Waals surface area contributed by atoms with Gasteiger partial charge in [0.1, 0.15) is 11.5 Å². The number of ether oxygens (including phenoxy) is 1. The van der Waals surface area contributed by atoms with E-state index < -0.39 is 83.9 Å². The van der Waals surface area contributed by atoms with Crippen LogP contribution >= 0.6 is 29.5 Å². The summed E-state index contributed by atoms with van der Waals surface area (Å²) in [5.74, 6) is -7.75. The maximum Gasteiger partial charge on any atom is 0.318 e. The van der Waals surface area contributed by atoms with Crippen molar-refractivity contribution in [3.05, 3.63) is 127 Å². The van der Waals surface area contributed by atoms with Crippen molar-refractivity contribution in [1.82, 2.24) is 0 Å². The number of aliphatic carboxylic acids is 5. The average Bonchev–Trinajstić information content (AvgIpc) is 3.30. The summed E-state index contributed by atoms with van der Waals surface area (Å²) in [6, 6.07) is 36.0. The van der Waals surface area contributed by atoms with Crippen LogP contribution in [0.15, 0.2) is 127 Å². The molecule has 6 unspecified atom stereocenters. The number of carbonyl (C=O) groups is 6. The third kappa shape index (κ3) is 15.7. The highest BCUT2D eigenvalue weighted by atomic mass is 31.2. The first-order valence-electron chi connectivity index (χ1n) is 20.7. The monoisotopic (exact) mass is 1040 g/mol. The predicted octanol–water partition coefficient (Wildman–Crippen LogP) is 6.87. The largest absolute Gasteiger partial charge is 0.481 e. The first-order valence-corrected chi connectivity index (χ1v) is 28.4. The van der Waals surface area contributed by atoms with Crippen molar-refractivity contribution in [2.45, 2.75) is 31.5 Å². The molecule has 5 aromatic carbocycles. The standard InChI is InChI=1S/C17H15O6P.C16H13O6P.C9H11O4P.C4H9O4P/c18-16(19)9-11(17(20)21)10-24(22)15-8-4-2-6-13(15)12-5-1-3-7-14(12)23-24;17-10-21-16(9-15(18)19)23(20)14-8-4-2-6-12(14)11-5-1-3-7-13(11)22-23;10-9(11)6-7-14(12,13)8-4-2-1-3-5-8;1-9(7,8)3-2-4(5)6/h1-8,11H,9-10H2,(H,18,19)(H,20,21);1-8,10,16H,9H2,(H,18,19);1-5H,6-7H2,(H,10,11)(H,12,13);2-3H2,1H3,(H,5,6)(H,7,8). The molecule has 0 radical (unpaired) electrons. The van der Waals surface area contributed by atoms with Gasteiger partial charge < -0.3 is 49.1 Å². The van der Waals surface area contributed by atoms with Crippen molar-refractivity contribution >= 4 is 81.7 Å². The van der Waals surface area contributed by atoms with Crippen LogP contribution in [0.25, 0.3) is 22.3 Å². The van der Waals surface area contributed by atoms with Crippen LogP contribution in [0.5, 0.6) is 11.5 Å². The van der Waals surface area contributed by atoms with E-state index in [9.17, 15) is 57.0 Å². The van der Waals surface area contributed by atoms with Gasteiger partial charge in [-0.25, -0.2) is 0 Å². The lowest BCUT2D eigenvalue weighted by Crippen LogP contribution is -2.29. The van der Waals surface area contributed by atoms with Gasteiger partial charge in [-0.05, 0) is 47.5 Å². The second-order valence-corrected chi connectivity index (χ2v) is 25.1. The Hall–Kier alpha value is -6.64. The van der Waals surface area contributed by atoms with Crippen LogP contribution in [0.2, 0.25) is 0 Å². The molecule has 0 saturated carbocycles. The lowest BCUT2D eigenvalue weighted by molar-refractivity contribution is -0.147. The zero-order chi connectivity index (χ0) is 51.9. The van der Waals surface area contributed by atoms with Crippen molar-refractivity contribution in [2.24, 2.45) is 5.92 Å². The Morgan fingerprint density at radius 2 is 1.03 bits per heavy atom. The molecule has 20 nitrogen and oxygen atoms in total. The van der Waals surface area contributed by atoms with Gasteiger partial charge in [-0.15, -0.1) is 0 Å². The van der Waals surface area contributed by atoms with Gasteiger partial charge in [0.2, 0.25) is 13.2 Å². The van der Waals surface area contributed by atoms with Crippen LogP contribution in [0.3, 0.4) is 0 Å². The second kappa shape index (κ2) is 24.8. The van der Waals surface area contributed by atoms with E-state index in [1.165, 1.54) is 12.1 Å². The highest BCUT2D eigenvalue weighted by Gasteiger charge is 2.46. The van der Waals surface area contributed by atoms with E-state index >= 15 is 0 Å². The Labute approximate surface area is 400 Å². The van der Waals surface area contributed by atoms with Crippen molar-refractivity contribution in [1.29, 1.82) is 0 Å². The Balaban J connectivity index is 0.000000216. The first kappa shape index (κ1) is 56.0. The number of hydrogen-bond acceptors (Lipinski definition) is 13. The maximum atomic E-state index is 13.5. The number of carboxylic acids is 5. The molecule has 0 saturated heterocycles. The van der Waals surface area contributed by atoms with E-state index in [4.69, 9.17) is 39.1 Å². The maximum absolute atomic E-state index is 13.5. The number of fused-ring (bicyclic) bond motifs is 6. The van der Waals surface area contributed by atoms with Crippen LogP contribution in [0, 0.1) is 5.92 Å². The lowest BCUT2D eigenvalue weighted by atomic mass is 10.0. The van der Waals surface area contributed by atoms with Gasteiger partial charge in [-0.3, -0.25) is 47.0 Å². The molecule has 2 heterocycles. The minimum absolute atomic E-state index is 0.0970. The molecule has 0 aromatic heterocycles. The van der Waals surface area contributed by atoms with E-state index in [-0.39, 0.29) is 37.8 Å². The fraction of sp³-hybridized carbons (Fsp3) is 0.217. The zero-order valence-electron chi connectivity index (χ0n) is 37.0. The molecular formula is C46H48O20P4. The van der Waals surface area contributed by atoms with Crippen LogP contribution < -0.4 is 25.0 Å². The molecule has 6 atom stereocenters. The van der Waals surface area contributed by atoms with E-state index in [0.29, 0.717) is 33.0 Å². The summed E-state index contributed by atoms with van der Waals surface area (Å²) in [5.41, 5.74) is 2.95. The van der Waals surface area contributed by atoms with Crippen LogP contribution in [0.4, 0.5) is 0 Å². The molecule has 5 aromatic rings. The van der Waals surface area contributed by atoms with Crippen LogP contribution in [-0.2, 0) is 51.8 Å². The molecule has 70 heavy (non-hydrogen) atoms. The van der Waals surface area contributed by atoms with Gasteiger partial charge in [0.25, 0.3) is 13.8 Å². The van der Waals surface area contributed by atoms with Crippen molar-refractivity contribution < 1.29 is 96.1 Å². The van der Waals surface area contributed by atoms with E-state index in [1.807, 2.05) is 24.3 Å². The second-order valence-electron chi connectivity index (χ2n) is 15.4. The third-order valence-electron chi connectivity index (χ3n) is 10.0. The Bertz CT molecular complexity index is 2900. The SMILES string of the molecule is CP(=O)(O)CCC(=O)O.O=C(O)CC(CP1(=O)Oc2ccccc2-c2ccccc21)C(=O)O.O=C(O)CCP(=O)(O)c1ccccc1.O=COC(CC(=O)O)P1(=O)Oc2ccccc2-c2ccccc21. The number of carboxylic acid groups (broad SMARTS) is 5. The van der Waals surface area contributed by atoms with Gasteiger partial charge in [0, 0.05) is 35.4 Å². The van der Waals surface area contributed by atoms with Crippen molar-refractivity contribution in [3.63, 3.8) is 0 Å². The van der Waals surface area contributed by atoms with E-state index in [1.54, 1.807) is 91.0 Å². The van der Waals surface area contributed by atoms with Crippen LogP contribution in [0.1, 0.15) is 25.7 Å². The lowest BCUT2D eigenvalue weighted by Gasteiger charge is -2.32. The number of benzene rings is 5. The van der Waals surface area contributed by atoms with E-state index in [0.717, 1.165) is 23.4 Å². The number of hydrogen-bond donors (Lipinski definition) is 7. The normalized spacial score (nSPS) is 18.2. The summed E-state index contributed by atoms with van der Waals surface area (Å²) in [6.07, 6.45) is -2.44. The Kier molecular flexibility index (Phi) is 19.8. The third-order valence-corrected chi connectivity index (χ3v) is 18.2. The molecule has 0 bridgehead atoms. The van der Waals surface area contributed by atoms with Crippen LogP contribution in [-0.4, -0.2) is 103 Å². The molecule has 2 aliphatic heterocycles. The average molecular weight is 1040 g/mol. The summed E-state index contributed by atoms with van der Waals surface area (Å²) in [5, 5.41) is 44.7. The molecule has 7 N–H and O–H groups in total. The van der Waals surface area contributed by atoms with Gasteiger partial charge in [0.15, 0.2) is 7.37 Å². The molecule has 0 amide bonds. The zero-order valence-corrected chi connectivity index (χ0v) is 40.6. The molecule has 24 heteroatoms. The highest BCUT2D eigenvalue weighted by Crippen LogP contribution is 2.59. The number of carbonyl (C=O) groups excluding carboxylic acids is 1. The molecule has 0 spiro atoms. The molecule has 372 valence electrons. The highest BCUT2D eigenvalue weighted by molar-refractivity contribution is 7.68. The predicted molar refractivity (Wildman–Crippen MR) is 257 cm³/mol. The summed E-state index contributed by atoms with van der Waals surface area (Å²) in [4.78, 5) is 82.2. The summed E-state index contributed by atoms with van der Waals surface area (Å²) < 4.78 is 65.1. The smallest absolute Gasteiger partial charge is 0.318 e. The number of rotatable bonds is 17. The summed E-state index contributed by atoms with van der Waals surface area (Å²) in [7, 11) is -13.9. The quantitative estimate of drug-likeness (QED) is 0.0369. The minimum Gasteiger partial charge on any atom is -0.481 e. The molecule has 0 aliphatic carbocycles. The van der Waals surface area contributed by atoms with Gasteiger partial charge >= 0.3 is 37.2 Å². The van der Waals surface area contributed by atoms with E-state index in [2.05, 4.69) is 0 Å². The molecule has 7 rings (SSSR count). The number of para-hydroxylation sites is 2. The fourth-order valence-electron chi connectivity index (χ4n) is 6.80.